The largest absolute Gasteiger partial charge is 0.459 e. The summed E-state index contributed by atoms with van der Waals surface area (Å²) in [6, 6.07) is 11.1. The monoisotopic (exact) mass is 439 g/mol. The van der Waals surface area contributed by atoms with Gasteiger partial charge in [0, 0.05) is 44.3 Å². The van der Waals surface area contributed by atoms with Crippen LogP contribution in [0.1, 0.15) is 53.7 Å². The van der Waals surface area contributed by atoms with E-state index in [0.717, 1.165) is 24.5 Å². The molecule has 0 saturated carbocycles. The number of guanidine groups is 1. The Morgan fingerprint density at radius 3 is 2.50 bits per heavy atom. The van der Waals surface area contributed by atoms with Crippen LogP contribution in [0.2, 0.25) is 0 Å². The van der Waals surface area contributed by atoms with Crippen LogP contribution in [0.25, 0.3) is 0 Å². The van der Waals surface area contributed by atoms with Crippen molar-refractivity contribution in [2.24, 2.45) is 4.99 Å². The standard InChI is InChI=1S/C24H33N5O3/c1-4-18(3)27-22(30)20-9-6-8-19(16-20)17-26-24(25-5-2)29-13-11-28(12-14-29)23(31)21-10-7-15-32-21/h6-10,15-16,18H,4-5,11-14,17H2,1-3H3,(H,25,26)(H,27,30). The van der Waals surface area contributed by atoms with Crippen LogP contribution in [-0.4, -0.2) is 66.3 Å². The maximum Gasteiger partial charge on any atom is 0.289 e. The van der Waals surface area contributed by atoms with E-state index in [9.17, 15) is 9.59 Å². The molecule has 2 amide bonds. The normalized spacial score (nSPS) is 15.4. The van der Waals surface area contributed by atoms with Gasteiger partial charge < -0.3 is 24.9 Å². The number of nitrogens with one attached hydrogen (secondary N) is 2. The Morgan fingerprint density at radius 1 is 1.09 bits per heavy atom. The summed E-state index contributed by atoms with van der Waals surface area (Å²) in [5.41, 5.74) is 1.62. The highest BCUT2D eigenvalue weighted by molar-refractivity contribution is 5.94. The molecule has 0 bridgehead atoms. The van der Waals surface area contributed by atoms with Gasteiger partial charge in [0.1, 0.15) is 0 Å². The average molecular weight is 440 g/mol. The minimum absolute atomic E-state index is 0.0607. The highest BCUT2D eigenvalue weighted by Gasteiger charge is 2.25. The van der Waals surface area contributed by atoms with E-state index in [1.54, 1.807) is 17.0 Å². The summed E-state index contributed by atoms with van der Waals surface area (Å²) in [6.07, 6.45) is 2.41. The number of carbonyl (C=O) groups excluding carboxylic acids is 2. The van der Waals surface area contributed by atoms with Gasteiger partial charge in [0.15, 0.2) is 11.7 Å². The Labute approximate surface area is 189 Å². The molecule has 1 unspecified atom stereocenters. The van der Waals surface area contributed by atoms with E-state index in [4.69, 9.17) is 9.41 Å². The molecule has 0 radical (unpaired) electrons. The third kappa shape index (κ3) is 6.12. The van der Waals surface area contributed by atoms with Gasteiger partial charge >= 0.3 is 0 Å². The molecule has 172 valence electrons. The molecule has 2 aromatic rings. The molecule has 1 saturated heterocycles. The lowest BCUT2D eigenvalue weighted by Crippen LogP contribution is -2.53. The molecule has 32 heavy (non-hydrogen) atoms. The van der Waals surface area contributed by atoms with E-state index >= 15 is 0 Å². The zero-order valence-corrected chi connectivity index (χ0v) is 19.1. The van der Waals surface area contributed by atoms with Gasteiger partial charge in [-0.3, -0.25) is 9.59 Å². The van der Waals surface area contributed by atoms with E-state index in [0.29, 0.717) is 44.0 Å². The van der Waals surface area contributed by atoms with Crippen molar-refractivity contribution in [3.63, 3.8) is 0 Å². The first-order valence-corrected chi connectivity index (χ1v) is 11.3. The molecule has 1 fully saturated rings. The van der Waals surface area contributed by atoms with Crippen molar-refractivity contribution in [3.05, 3.63) is 59.5 Å². The highest BCUT2D eigenvalue weighted by Crippen LogP contribution is 2.11. The van der Waals surface area contributed by atoms with Crippen LogP contribution in [0.4, 0.5) is 0 Å². The number of piperazine rings is 1. The number of furan rings is 1. The molecule has 2 N–H and O–H groups in total. The molecule has 8 nitrogen and oxygen atoms in total. The van der Waals surface area contributed by atoms with Crippen molar-refractivity contribution in [3.8, 4) is 0 Å². The van der Waals surface area contributed by atoms with Gasteiger partial charge in [0.25, 0.3) is 11.8 Å². The molecule has 1 aromatic carbocycles. The van der Waals surface area contributed by atoms with Gasteiger partial charge in [-0.2, -0.15) is 0 Å². The zero-order chi connectivity index (χ0) is 22.9. The topological polar surface area (TPSA) is 90.2 Å². The first-order valence-electron chi connectivity index (χ1n) is 11.3. The summed E-state index contributed by atoms with van der Waals surface area (Å²) in [6.45, 7) is 9.89. The van der Waals surface area contributed by atoms with Gasteiger partial charge in [0.05, 0.1) is 12.8 Å². The lowest BCUT2D eigenvalue weighted by atomic mass is 10.1. The summed E-state index contributed by atoms with van der Waals surface area (Å²) in [7, 11) is 0. The Bertz CT molecular complexity index is 917. The molecule has 8 heteroatoms. The molecule has 1 aromatic heterocycles. The third-order valence-corrected chi connectivity index (χ3v) is 5.52. The minimum Gasteiger partial charge on any atom is -0.459 e. The third-order valence-electron chi connectivity index (χ3n) is 5.52. The first kappa shape index (κ1) is 23.4. The molecule has 0 spiro atoms. The van der Waals surface area contributed by atoms with E-state index < -0.39 is 0 Å². The van der Waals surface area contributed by atoms with Gasteiger partial charge in [-0.1, -0.05) is 19.1 Å². The number of benzene rings is 1. The van der Waals surface area contributed by atoms with Gasteiger partial charge in [-0.05, 0) is 50.1 Å². The van der Waals surface area contributed by atoms with Gasteiger partial charge in [0.2, 0.25) is 0 Å². The van der Waals surface area contributed by atoms with Crippen molar-refractivity contribution < 1.29 is 14.0 Å². The van der Waals surface area contributed by atoms with E-state index in [1.807, 2.05) is 45.0 Å². The molecular weight excluding hydrogens is 406 g/mol. The summed E-state index contributed by atoms with van der Waals surface area (Å²) in [5.74, 6) is 1.04. The van der Waals surface area contributed by atoms with E-state index in [2.05, 4.69) is 15.5 Å². The molecule has 0 aliphatic carbocycles. The van der Waals surface area contributed by atoms with Crippen LogP contribution in [0.3, 0.4) is 0 Å². The number of hydrogen-bond donors (Lipinski definition) is 2. The summed E-state index contributed by atoms with van der Waals surface area (Å²) < 4.78 is 5.23. The molecular formula is C24H33N5O3. The highest BCUT2D eigenvalue weighted by atomic mass is 16.3. The maximum atomic E-state index is 12.5. The fourth-order valence-electron chi connectivity index (χ4n) is 3.49. The Kier molecular flexibility index (Phi) is 8.30. The Hall–Kier alpha value is -3.29. The smallest absolute Gasteiger partial charge is 0.289 e. The number of amides is 2. The first-order chi connectivity index (χ1) is 15.5. The van der Waals surface area contributed by atoms with Crippen LogP contribution in [-0.2, 0) is 6.54 Å². The lowest BCUT2D eigenvalue weighted by molar-refractivity contribution is 0.0657. The van der Waals surface area contributed by atoms with Crippen molar-refractivity contribution in [2.75, 3.05) is 32.7 Å². The summed E-state index contributed by atoms with van der Waals surface area (Å²) >= 11 is 0. The quantitative estimate of drug-likeness (QED) is 0.511. The maximum absolute atomic E-state index is 12.5. The molecule has 1 aliphatic heterocycles. The summed E-state index contributed by atoms with van der Waals surface area (Å²) in [4.78, 5) is 33.6. The number of aliphatic imine (C=N–C) groups is 1. The molecule has 1 aliphatic rings. The molecule has 1 atom stereocenters. The SMILES string of the molecule is CCNC(=NCc1cccc(C(=O)NC(C)CC)c1)N1CCN(C(=O)c2ccco2)CC1. The number of nitrogens with zero attached hydrogens (tertiary/aromatic N) is 3. The van der Waals surface area contributed by atoms with Crippen LogP contribution in [0, 0.1) is 0 Å². The van der Waals surface area contributed by atoms with Crippen molar-refractivity contribution >= 4 is 17.8 Å². The van der Waals surface area contributed by atoms with Crippen LogP contribution < -0.4 is 10.6 Å². The fourth-order valence-corrected chi connectivity index (χ4v) is 3.49. The lowest BCUT2D eigenvalue weighted by Gasteiger charge is -2.36. The number of rotatable bonds is 7. The molecule has 3 rings (SSSR count). The fraction of sp³-hybridized carbons (Fsp3) is 0.458. The predicted molar refractivity (Wildman–Crippen MR) is 125 cm³/mol. The Balaban J connectivity index is 1.61. The van der Waals surface area contributed by atoms with Crippen LogP contribution in [0.15, 0.2) is 52.1 Å². The van der Waals surface area contributed by atoms with E-state index in [-0.39, 0.29) is 17.9 Å². The van der Waals surface area contributed by atoms with E-state index in [1.165, 1.54) is 6.26 Å². The zero-order valence-electron chi connectivity index (χ0n) is 19.1. The Morgan fingerprint density at radius 2 is 1.84 bits per heavy atom. The van der Waals surface area contributed by atoms with Crippen LogP contribution >= 0.6 is 0 Å². The summed E-state index contributed by atoms with van der Waals surface area (Å²) in [5, 5.41) is 6.34. The number of carbonyl (C=O) groups is 2. The van der Waals surface area contributed by atoms with Crippen LogP contribution in [0.5, 0.6) is 0 Å². The average Bonchev–Trinajstić information content (AvgIpc) is 3.36. The van der Waals surface area contributed by atoms with Crippen molar-refractivity contribution in [1.29, 1.82) is 0 Å². The van der Waals surface area contributed by atoms with Crippen molar-refractivity contribution in [1.82, 2.24) is 20.4 Å². The predicted octanol–water partition coefficient (Wildman–Crippen LogP) is 2.73. The second kappa shape index (κ2) is 11.4. The van der Waals surface area contributed by atoms with Gasteiger partial charge in [-0.15, -0.1) is 0 Å². The minimum atomic E-state index is -0.0796. The second-order valence-electron chi connectivity index (χ2n) is 7.91. The second-order valence-corrected chi connectivity index (χ2v) is 7.91. The van der Waals surface area contributed by atoms with Gasteiger partial charge in [-0.25, -0.2) is 4.99 Å². The number of hydrogen-bond acceptors (Lipinski definition) is 4. The molecule has 2 heterocycles. The van der Waals surface area contributed by atoms with Crippen molar-refractivity contribution in [2.45, 2.75) is 39.8 Å².